The molecule has 2 aromatic rings. The van der Waals surface area contributed by atoms with Crippen LogP contribution in [0.5, 0.6) is 0 Å². The highest BCUT2D eigenvalue weighted by Gasteiger charge is 2.07. The molecule has 0 radical (unpaired) electrons. The lowest BCUT2D eigenvalue weighted by Gasteiger charge is -2.22. The molecule has 0 atom stereocenters. The van der Waals surface area contributed by atoms with Crippen LogP contribution in [-0.4, -0.2) is 14.1 Å². The van der Waals surface area contributed by atoms with E-state index in [1.54, 1.807) is 0 Å². The van der Waals surface area contributed by atoms with E-state index in [0.29, 0.717) is 0 Å². The summed E-state index contributed by atoms with van der Waals surface area (Å²) in [7, 11) is 4.04. The van der Waals surface area contributed by atoms with E-state index >= 15 is 0 Å². The van der Waals surface area contributed by atoms with Gasteiger partial charge in [-0.25, -0.2) is 0 Å². The van der Waals surface area contributed by atoms with Gasteiger partial charge in [-0.2, -0.15) is 0 Å². The number of hydrogen-bond acceptors (Lipinski definition) is 2. The Bertz CT molecular complexity index is 492. The van der Waals surface area contributed by atoms with Gasteiger partial charge >= 0.3 is 0 Å². The van der Waals surface area contributed by atoms with Gasteiger partial charge in [0.2, 0.25) is 0 Å². The molecule has 0 saturated heterocycles. The molecule has 0 spiro atoms. The third-order valence-corrected chi connectivity index (χ3v) is 2.93. The molecule has 2 aromatic carbocycles. The van der Waals surface area contributed by atoms with Crippen molar-refractivity contribution in [3.8, 4) is 0 Å². The van der Waals surface area contributed by atoms with Crippen molar-refractivity contribution in [3.05, 3.63) is 54.1 Å². The Morgan fingerprint density at radius 3 is 2.35 bits per heavy atom. The maximum atomic E-state index is 3.25. The number of para-hydroxylation sites is 1. The summed E-state index contributed by atoms with van der Waals surface area (Å²) in [6.45, 7) is 2.10. The highest BCUT2D eigenvalue weighted by atomic mass is 15.1. The van der Waals surface area contributed by atoms with E-state index in [1.165, 1.54) is 16.9 Å². The number of nitrogens with zero attached hydrogens (tertiary/aromatic N) is 1. The van der Waals surface area contributed by atoms with E-state index < -0.39 is 0 Å². The topological polar surface area (TPSA) is 15.3 Å². The van der Waals surface area contributed by atoms with Crippen molar-refractivity contribution in [1.82, 2.24) is 0 Å². The van der Waals surface area contributed by atoms with E-state index in [2.05, 4.69) is 66.7 Å². The summed E-state index contributed by atoms with van der Waals surface area (Å²) in [5, 5.41) is 3.25. The highest BCUT2D eigenvalue weighted by Crippen LogP contribution is 2.30. The summed E-state index contributed by atoms with van der Waals surface area (Å²) >= 11 is 0. The van der Waals surface area contributed by atoms with Crippen molar-refractivity contribution < 1.29 is 0 Å². The van der Waals surface area contributed by atoms with Crippen LogP contribution in [0.4, 0.5) is 17.1 Å². The van der Waals surface area contributed by atoms with Crippen molar-refractivity contribution >= 4 is 17.1 Å². The molecule has 0 aliphatic rings. The molecular weight excluding hydrogens is 208 g/mol. The van der Waals surface area contributed by atoms with Gasteiger partial charge in [0.1, 0.15) is 0 Å². The molecular formula is C15H18N2. The quantitative estimate of drug-likeness (QED) is 0.856. The van der Waals surface area contributed by atoms with Crippen LogP contribution in [0.25, 0.3) is 0 Å². The second-order valence-corrected chi connectivity index (χ2v) is 4.17. The van der Waals surface area contributed by atoms with Gasteiger partial charge in [0.25, 0.3) is 0 Å². The largest absolute Gasteiger partial charge is 0.386 e. The second-order valence-electron chi connectivity index (χ2n) is 4.17. The lowest BCUT2D eigenvalue weighted by Crippen LogP contribution is -2.11. The fourth-order valence-electron chi connectivity index (χ4n) is 1.93. The first kappa shape index (κ1) is 11.5. The molecule has 2 heteroatoms. The molecule has 0 aromatic heterocycles. The lowest BCUT2D eigenvalue weighted by atomic mass is 10.1. The lowest BCUT2D eigenvalue weighted by molar-refractivity contribution is 1.20. The summed E-state index contributed by atoms with van der Waals surface area (Å²) in [6.07, 6.45) is 0. The monoisotopic (exact) mass is 226 g/mol. The van der Waals surface area contributed by atoms with E-state index in [1.807, 2.05) is 13.1 Å². The Morgan fingerprint density at radius 1 is 1.00 bits per heavy atom. The van der Waals surface area contributed by atoms with Crippen molar-refractivity contribution in [2.24, 2.45) is 0 Å². The molecule has 2 rings (SSSR count). The zero-order valence-corrected chi connectivity index (χ0v) is 10.6. The van der Waals surface area contributed by atoms with Gasteiger partial charge in [0, 0.05) is 19.8 Å². The Kier molecular flexibility index (Phi) is 3.33. The zero-order valence-electron chi connectivity index (χ0n) is 10.6. The first-order valence-electron chi connectivity index (χ1n) is 5.79. The molecule has 0 heterocycles. The number of aryl methyl sites for hydroxylation is 1. The Morgan fingerprint density at radius 2 is 1.71 bits per heavy atom. The minimum atomic E-state index is 1.15. The molecule has 0 unspecified atom stereocenters. The Labute approximate surface area is 103 Å². The first-order chi connectivity index (χ1) is 8.22. The molecule has 17 heavy (non-hydrogen) atoms. The fourth-order valence-corrected chi connectivity index (χ4v) is 1.93. The molecule has 2 nitrogen and oxygen atoms in total. The van der Waals surface area contributed by atoms with Gasteiger partial charge in [-0.3, -0.25) is 0 Å². The van der Waals surface area contributed by atoms with E-state index in [4.69, 9.17) is 0 Å². The zero-order chi connectivity index (χ0) is 12.3. The van der Waals surface area contributed by atoms with Crippen molar-refractivity contribution in [3.63, 3.8) is 0 Å². The van der Waals surface area contributed by atoms with Crippen LogP contribution in [-0.2, 0) is 0 Å². The van der Waals surface area contributed by atoms with Crippen molar-refractivity contribution in [1.29, 1.82) is 0 Å². The molecule has 1 N–H and O–H groups in total. The Hall–Kier alpha value is -1.96. The molecule has 88 valence electrons. The number of hydrogen-bond donors (Lipinski definition) is 1. The highest BCUT2D eigenvalue weighted by molar-refractivity contribution is 5.76. The first-order valence-corrected chi connectivity index (χ1v) is 5.79. The van der Waals surface area contributed by atoms with Crippen LogP contribution in [0, 0.1) is 6.92 Å². The summed E-state index contributed by atoms with van der Waals surface area (Å²) in [6, 6.07) is 16.8. The third-order valence-electron chi connectivity index (χ3n) is 2.93. The SMILES string of the molecule is CNc1cc(C)ccc1N(C)c1ccccc1. The predicted molar refractivity (Wildman–Crippen MR) is 75.2 cm³/mol. The Balaban J connectivity index is 2.40. The molecule has 0 bridgehead atoms. The summed E-state index contributed by atoms with van der Waals surface area (Å²) < 4.78 is 0. The fraction of sp³-hybridized carbons (Fsp3) is 0.200. The standard InChI is InChI=1S/C15H18N2/c1-12-9-10-15(14(11-12)16-2)17(3)13-7-5-4-6-8-13/h4-11,16H,1-3H3. The number of benzene rings is 2. The van der Waals surface area contributed by atoms with Gasteiger partial charge in [-0.05, 0) is 36.8 Å². The maximum Gasteiger partial charge on any atom is 0.0643 e. The minimum absolute atomic E-state index is 1.15. The van der Waals surface area contributed by atoms with Crippen molar-refractivity contribution in [2.75, 3.05) is 24.3 Å². The molecule has 0 saturated carbocycles. The van der Waals surface area contributed by atoms with Crippen LogP contribution in [0.1, 0.15) is 5.56 Å². The van der Waals surface area contributed by atoms with Crippen LogP contribution in [0.3, 0.4) is 0 Å². The van der Waals surface area contributed by atoms with E-state index in [9.17, 15) is 0 Å². The average molecular weight is 226 g/mol. The van der Waals surface area contributed by atoms with E-state index in [0.717, 1.165) is 5.69 Å². The summed E-state index contributed by atoms with van der Waals surface area (Å²) in [4.78, 5) is 2.19. The van der Waals surface area contributed by atoms with Gasteiger partial charge in [-0.1, -0.05) is 24.3 Å². The van der Waals surface area contributed by atoms with Crippen LogP contribution < -0.4 is 10.2 Å². The van der Waals surface area contributed by atoms with E-state index in [-0.39, 0.29) is 0 Å². The average Bonchev–Trinajstić information content (AvgIpc) is 2.39. The number of nitrogens with one attached hydrogen (secondary N) is 1. The molecule has 0 fully saturated rings. The molecule has 0 aliphatic carbocycles. The summed E-state index contributed by atoms with van der Waals surface area (Å²) in [5.74, 6) is 0. The number of rotatable bonds is 3. The van der Waals surface area contributed by atoms with Crippen LogP contribution in [0.2, 0.25) is 0 Å². The van der Waals surface area contributed by atoms with Gasteiger partial charge in [0.05, 0.1) is 11.4 Å². The normalized spacial score (nSPS) is 10.1. The van der Waals surface area contributed by atoms with Gasteiger partial charge < -0.3 is 10.2 Å². The number of anilines is 3. The third kappa shape index (κ3) is 2.41. The second kappa shape index (κ2) is 4.91. The van der Waals surface area contributed by atoms with Crippen LogP contribution in [0.15, 0.2) is 48.5 Å². The van der Waals surface area contributed by atoms with Crippen LogP contribution >= 0.6 is 0 Å². The maximum absolute atomic E-state index is 3.25. The minimum Gasteiger partial charge on any atom is -0.386 e. The smallest absolute Gasteiger partial charge is 0.0643 e. The molecule has 0 amide bonds. The summed E-state index contributed by atoms with van der Waals surface area (Å²) in [5.41, 5.74) is 4.79. The molecule has 0 aliphatic heterocycles. The van der Waals surface area contributed by atoms with Gasteiger partial charge in [0.15, 0.2) is 0 Å². The predicted octanol–water partition coefficient (Wildman–Crippen LogP) is 3.80. The van der Waals surface area contributed by atoms with Gasteiger partial charge in [-0.15, -0.1) is 0 Å². The van der Waals surface area contributed by atoms with Crippen molar-refractivity contribution in [2.45, 2.75) is 6.92 Å².